The smallest absolute Gasteiger partial charge is 0.335 e. The highest BCUT2D eigenvalue weighted by atomic mass is 79.9. The minimum Gasteiger partial charge on any atom is -0.497 e. The van der Waals surface area contributed by atoms with Gasteiger partial charge in [0.2, 0.25) is 0 Å². The third-order valence-electron chi connectivity index (χ3n) is 5.20. The molecule has 0 bridgehead atoms. The fourth-order valence-electron chi connectivity index (χ4n) is 3.36. The maximum absolute atomic E-state index is 13.4. The third-order valence-corrected chi connectivity index (χ3v) is 6.83. The first kappa shape index (κ1) is 24.6. The van der Waals surface area contributed by atoms with Crippen LogP contribution in [0.3, 0.4) is 0 Å². The molecule has 1 aliphatic rings. The molecule has 3 aromatic rings. The van der Waals surface area contributed by atoms with Crippen LogP contribution >= 0.6 is 27.7 Å². The Morgan fingerprint density at radius 1 is 1.06 bits per heavy atom. The van der Waals surface area contributed by atoms with E-state index in [4.69, 9.17) is 19.6 Å². The Labute approximate surface area is 215 Å². The second-order valence-electron chi connectivity index (χ2n) is 7.49. The Morgan fingerprint density at radius 2 is 1.77 bits per heavy atom. The lowest BCUT2D eigenvalue weighted by Gasteiger charge is -2.16. The number of aromatic carboxylic acids is 1. The van der Waals surface area contributed by atoms with Crippen LogP contribution in [0.15, 0.2) is 81.1 Å². The summed E-state index contributed by atoms with van der Waals surface area (Å²) in [5, 5.41) is 9.69. The summed E-state index contributed by atoms with van der Waals surface area (Å²) in [6, 6.07) is 19.3. The van der Waals surface area contributed by atoms with Gasteiger partial charge < -0.3 is 14.6 Å². The zero-order valence-corrected chi connectivity index (χ0v) is 21.3. The third kappa shape index (κ3) is 5.75. The minimum atomic E-state index is -0.998. The number of carboxylic acid groups (broad SMARTS) is 1. The van der Waals surface area contributed by atoms with Crippen molar-refractivity contribution in [1.29, 1.82) is 0 Å². The number of halogens is 1. The van der Waals surface area contributed by atoms with Crippen LogP contribution < -0.4 is 9.47 Å². The maximum Gasteiger partial charge on any atom is 0.335 e. The molecule has 0 saturated carbocycles. The van der Waals surface area contributed by atoms with Gasteiger partial charge in [-0.25, -0.2) is 9.79 Å². The van der Waals surface area contributed by atoms with Gasteiger partial charge in [0, 0.05) is 0 Å². The number of methoxy groups -OCH3 is 2. The largest absolute Gasteiger partial charge is 0.497 e. The Hall–Kier alpha value is -3.56. The summed E-state index contributed by atoms with van der Waals surface area (Å²) in [7, 11) is 3.19. The summed E-state index contributed by atoms with van der Waals surface area (Å²) in [6.07, 6.45) is 1.81. The first-order valence-corrected chi connectivity index (χ1v) is 12.1. The van der Waals surface area contributed by atoms with Crippen molar-refractivity contribution in [3.05, 3.63) is 92.8 Å². The van der Waals surface area contributed by atoms with Gasteiger partial charge >= 0.3 is 5.97 Å². The molecule has 0 spiro atoms. The highest BCUT2D eigenvalue weighted by molar-refractivity contribution is 9.10. The molecule has 3 aromatic carbocycles. The maximum atomic E-state index is 13.4. The molecule has 35 heavy (non-hydrogen) atoms. The molecule has 0 radical (unpaired) electrons. The number of hydrogen-bond acceptors (Lipinski definition) is 6. The lowest BCUT2D eigenvalue weighted by Crippen LogP contribution is -2.28. The molecule has 1 aliphatic heterocycles. The van der Waals surface area contributed by atoms with Crippen molar-refractivity contribution in [3.8, 4) is 11.5 Å². The Balaban J connectivity index is 1.68. The SMILES string of the molecule is COc1ccc(N=C2S/C(=C\c3ccc(OC)c(Br)c3)C(=O)N2Cc2ccc(C(=O)O)cc2)cc1. The second-order valence-corrected chi connectivity index (χ2v) is 9.35. The van der Waals surface area contributed by atoms with E-state index in [2.05, 4.69) is 15.9 Å². The molecule has 1 amide bonds. The number of nitrogens with zero attached hydrogens (tertiary/aromatic N) is 2. The van der Waals surface area contributed by atoms with E-state index in [-0.39, 0.29) is 18.0 Å². The fraction of sp³-hybridized carbons (Fsp3) is 0.115. The first-order chi connectivity index (χ1) is 16.9. The molecule has 178 valence electrons. The molecular formula is C26H21BrN2O5S. The van der Waals surface area contributed by atoms with E-state index in [1.54, 1.807) is 43.4 Å². The number of carboxylic acids is 1. The van der Waals surface area contributed by atoms with Crippen molar-refractivity contribution in [2.24, 2.45) is 4.99 Å². The summed E-state index contributed by atoms with van der Waals surface area (Å²) in [6.45, 7) is 0.254. The molecule has 1 N–H and O–H groups in total. The van der Waals surface area contributed by atoms with Crippen LogP contribution in [-0.4, -0.2) is 41.3 Å². The number of amides is 1. The van der Waals surface area contributed by atoms with Gasteiger partial charge in [-0.1, -0.05) is 18.2 Å². The van der Waals surface area contributed by atoms with Crippen LogP contribution in [0.5, 0.6) is 11.5 Å². The normalized spacial score (nSPS) is 15.6. The van der Waals surface area contributed by atoms with Gasteiger partial charge in [0.15, 0.2) is 5.17 Å². The van der Waals surface area contributed by atoms with E-state index < -0.39 is 5.97 Å². The summed E-state index contributed by atoms with van der Waals surface area (Å²) in [4.78, 5) is 31.4. The number of thioether (sulfide) groups is 1. The van der Waals surface area contributed by atoms with Crippen LogP contribution in [0.2, 0.25) is 0 Å². The number of aliphatic imine (C=N–C) groups is 1. The van der Waals surface area contributed by atoms with Gasteiger partial charge in [-0.15, -0.1) is 0 Å². The van der Waals surface area contributed by atoms with Crippen molar-refractivity contribution < 1.29 is 24.2 Å². The number of benzene rings is 3. The Bertz CT molecular complexity index is 1320. The van der Waals surface area contributed by atoms with E-state index in [1.807, 2.05) is 36.4 Å². The summed E-state index contributed by atoms with van der Waals surface area (Å²) in [5.41, 5.74) is 2.50. The lowest BCUT2D eigenvalue weighted by atomic mass is 10.1. The van der Waals surface area contributed by atoms with Gasteiger partial charge in [-0.3, -0.25) is 9.69 Å². The minimum absolute atomic E-state index is 0.184. The van der Waals surface area contributed by atoms with Crippen LogP contribution in [0.25, 0.3) is 6.08 Å². The van der Waals surface area contributed by atoms with E-state index >= 15 is 0 Å². The quantitative estimate of drug-likeness (QED) is 0.363. The van der Waals surface area contributed by atoms with Crippen LogP contribution in [0.1, 0.15) is 21.5 Å². The van der Waals surface area contributed by atoms with E-state index in [9.17, 15) is 9.59 Å². The topological polar surface area (TPSA) is 88.4 Å². The predicted octanol–water partition coefficient (Wildman–Crippen LogP) is 5.97. The Morgan fingerprint density at radius 3 is 2.37 bits per heavy atom. The standard InChI is InChI=1S/C26H21BrN2O5S/c1-33-20-10-8-19(9-11-20)28-26-29(15-16-3-6-18(7-4-16)25(31)32)24(30)23(35-26)14-17-5-12-22(34-2)21(27)13-17/h3-14H,15H2,1-2H3,(H,31,32)/b23-14-,28-26?. The van der Waals surface area contributed by atoms with Gasteiger partial charge in [-0.2, -0.15) is 0 Å². The van der Waals surface area contributed by atoms with Crippen LogP contribution in [0.4, 0.5) is 5.69 Å². The summed E-state index contributed by atoms with van der Waals surface area (Å²) >= 11 is 4.76. The molecule has 9 heteroatoms. The molecule has 0 aromatic heterocycles. The molecule has 7 nitrogen and oxygen atoms in total. The monoisotopic (exact) mass is 552 g/mol. The van der Waals surface area contributed by atoms with Crippen molar-refractivity contribution in [1.82, 2.24) is 4.90 Å². The average molecular weight is 553 g/mol. The highest BCUT2D eigenvalue weighted by Crippen LogP contribution is 2.36. The molecular weight excluding hydrogens is 532 g/mol. The van der Waals surface area contributed by atoms with Crippen molar-refractivity contribution in [3.63, 3.8) is 0 Å². The Kier molecular flexibility index (Phi) is 7.57. The highest BCUT2D eigenvalue weighted by Gasteiger charge is 2.33. The van der Waals surface area contributed by atoms with Gasteiger partial charge in [0.1, 0.15) is 11.5 Å². The lowest BCUT2D eigenvalue weighted by molar-refractivity contribution is -0.122. The van der Waals surface area contributed by atoms with Crippen molar-refractivity contribution >= 4 is 56.5 Å². The number of ether oxygens (including phenoxy) is 2. The number of amidine groups is 1. The first-order valence-electron chi connectivity index (χ1n) is 10.5. The zero-order chi connectivity index (χ0) is 24.9. The van der Waals surface area contributed by atoms with Crippen LogP contribution in [-0.2, 0) is 11.3 Å². The van der Waals surface area contributed by atoms with Gasteiger partial charge in [-0.05, 0) is 93.4 Å². The molecule has 4 rings (SSSR count). The van der Waals surface area contributed by atoms with Crippen molar-refractivity contribution in [2.75, 3.05) is 14.2 Å². The molecule has 1 fully saturated rings. The average Bonchev–Trinajstić information content (AvgIpc) is 3.13. The van der Waals surface area contributed by atoms with Crippen molar-refractivity contribution in [2.45, 2.75) is 6.54 Å². The molecule has 1 heterocycles. The number of carbonyl (C=O) groups is 2. The van der Waals surface area contributed by atoms with E-state index in [0.717, 1.165) is 15.6 Å². The predicted molar refractivity (Wildman–Crippen MR) is 140 cm³/mol. The molecule has 0 atom stereocenters. The summed E-state index contributed by atoms with van der Waals surface area (Å²) < 4.78 is 11.3. The molecule has 1 saturated heterocycles. The zero-order valence-electron chi connectivity index (χ0n) is 18.9. The number of carbonyl (C=O) groups excluding carboxylic acids is 1. The van der Waals surface area contributed by atoms with E-state index in [1.165, 1.54) is 23.9 Å². The van der Waals surface area contributed by atoms with Gasteiger partial charge in [0.05, 0.1) is 41.4 Å². The fourth-order valence-corrected chi connectivity index (χ4v) is 4.91. The summed E-state index contributed by atoms with van der Waals surface area (Å²) in [5.74, 6) is 0.231. The number of rotatable bonds is 7. The van der Waals surface area contributed by atoms with Gasteiger partial charge in [0.25, 0.3) is 5.91 Å². The molecule has 0 unspecified atom stereocenters. The molecule has 0 aliphatic carbocycles. The van der Waals surface area contributed by atoms with E-state index in [0.29, 0.717) is 27.3 Å². The number of hydrogen-bond donors (Lipinski definition) is 1. The van der Waals surface area contributed by atoms with Crippen LogP contribution in [0, 0.1) is 0 Å². The second kappa shape index (κ2) is 10.8.